The Labute approximate surface area is 191 Å². The van der Waals surface area contributed by atoms with E-state index in [4.69, 9.17) is 4.74 Å². The molecule has 0 atom stereocenters. The van der Waals surface area contributed by atoms with Crippen LogP contribution >= 0.6 is 0 Å². The van der Waals surface area contributed by atoms with E-state index in [2.05, 4.69) is 0 Å². The molecule has 0 aromatic heterocycles. The van der Waals surface area contributed by atoms with E-state index >= 15 is 0 Å². The van der Waals surface area contributed by atoms with Crippen LogP contribution in [0.5, 0.6) is 11.5 Å². The lowest BCUT2D eigenvalue weighted by Gasteiger charge is -2.18. The largest absolute Gasteiger partial charge is 0.456 e. The number of hydrogen-bond acceptors (Lipinski definition) is 3. The van der Waals surface area contributed by atoms with Crippen molar-refractivity contribution >= 4 is 17.6 Å². The van der Waals surface area contributed by atoms with E-state index in [1.807, 2.05) is 11.4 Å². The summed E-state index contributed by atoms with van der Waals surface area (Å²) in [5.41, 5.74) is -0.182. The van der Waals surface area contributed by atoms with Crippen LogP contribution in [0.3, 0.4) is 0 Å². The number of nitrogens with one attached hydrogen (secondary N) is 2. The van der Waals surface area contributed by atoms with Crippen LogP contribution in [0.15, 0.2) is 48.5 Å². The van der Waals surface area contributed by atoms with E-state index in [1.165, 1.54) is 0 Å². The van der Waals surface area contributed by atoms with Crippen LogP contribution in [-0.4, -0.2) is 11.9 Å². The molecule has 0 radical (unpaired) electrons. The predicted molar refractivity (Wildman–Crippen MR) is 115 cm³/mol. The van der Waals surface area contributed by atoms with Crippen LogP contribution in [0, 0.1) is 32.4 Å². The van der Waals surface area contributed by atoms with Crippen molar-refractivity contribution in [3.63, 3.8) is 0 Å². The molecule has 0 aliphatic rings. The Balaban J connectivity index is 1.84. The maximum Gasteiger partial charge on any atom is 0.420 e. The van der Waals surface area contributed by atoms with E-state index in [9.17, 15) is 31.5 Å². The number of halogens is 5. The fourth-order valence-corrected chi connectivity index (χ4v) is 3.19. The third-order valence-corrected chi connectivity index (χ3v) is 4.94. The number of imide groups is 1. The molecule has 0 spiro atoms. The molecule has 34 heavy (non-hydrogen) atoms. The van der Waals surface area contributed by atoms with Gasteiger partial charge in [0.1, 0.15) is 34.3 Å². The second-order valence-electron chi connectivity index (χ2n) is 7.52. The summed E-state index contributed by atoms with van der Waals surface area (Å²) in [7, 11) is 0. The van der Waals surface area contributed by atoms with Crippen molar-refractivity contribution in [2.45, 2.75) is 26.9 Å². The van der Waals surface area contributed by atoms with Gasteiger partial charge in [-0.2, -0.15) is 13.2 Å². The van der Waals surface area contributed by atoms with Crippen LogP contribution in [0.2, 0.25) is 0 Å². The Morgan fingerprint density at radius 3 is 2.15 bits per heavy atom. The van der Waals surface area contributed by atoms with Crippen molar-refractivity contribution in [1.82, 2.24) is 5.32 Å². The number of benzene rings is 3. The molecule has 0 heterocycles. The first-order valence-electron chi connectivity index (χ1n) is 9.90. The monoisotopic (exact) mass is 478 g/mol. The van der Waals surface area contributed by atoms with Gasteiger partial charge >= 0.3 is 12.2 Å². The molecule has 0 aliphatic carbocycles. The number of carbonyl (C=O) groups excluding carboxylic acids is 2. The van der Waals surface area contributed by atoms with Crippen LogP contribution in [-0.2, 0) is 6.18 Å². The lowest BCUT2D eigenvalue weighted by molar-refractivity contribution is -0.138. The topological polar surface area (TPSA) is 67.4 Å². The minimum absolute atomic E-state index is 0.249. The van der Waals surface area contributed by atoms with E-state index in [-0.39, 0.29) is 11.4 Å². The van der Waals surface area contributed by atoms with Gasteiger partial charge in [0, 0.05) is 5.69 Å². The number of hydrogen-bond donors (Lipinski definition) is 2. The highest BCUT2D eigenvalue weighted by molar-refractivity contribution is 6.08. The van der Waals surface area contributed by atoms with Crippen molar-refractivity contribution in [3.05, 3.63) is 88.0 Å². The first kappa shape index (κ1) is 24.7. The van der Waals surface area contributed by atoms with Crippen molar-refractivity contribution in [2.24, 2.45) is 0 Å². The summed E-state index contributed by atoms with van der Waals surface area (Å²) in [5.74, 6) is -4.04. The number of amides is 3. The van der Waals surface area contributed by atoms with Crippen LogP contribution in [0.1, 0.15) is 32.6 Å². The van der Waals surface area contributed by atoms with Gasteiger partial charge in [-0.1, -0.05) is 12.1 Å². The molecule has 0 bridgehead atoms. The lowest BCUT2D eigenvalue weighted by atomic mass is 10.1. The summed E-state index contributed by atoms with van der Waals surface area (Å²) in [4.78, 5) is 24.1. The number of ether oxygens (including phenoxy) is 1. The fourth-order valence-electron chi connectivity index (χ4n) is 3.19. The standard InChI is InChI=1S/C24H19F5N2O3/c1-12-9-13(2)14(3)20(10-12)34-19-8-7-15(11-16(19)24(27,28)29)30-23(33)31-22(32)21-17(25)5-4-6-18(21)26/h4-11H,1-3H3,(H2,30,31,32,33). The average Bonchev–Trinajstić information content (AvgIpc) is 2.71. The smallest absolute Gasteiger partial charge is 0.420 e. The van der Waals surface area contributed by atoms with Gasteiger partial charge in [0.25, 0.3) is 5.91 Å². The van der Waals surface area contributed by atoms with Crippen LogP contribution in [0.4, 0.5) is 32.4 Å². The summed E-state index contributed by atoms with van der Waals surface area (Å²) in [6.45, 7) is 5.30. The zero-order valence-corrected chi connectivity index (χ0v) is 18.2. The maximum atomic E-state index is 13.7. The molecule has 3 aromatic rings. The zero-order valence-electron chi connectivity index (χ0n) is 18.2. The molecule has 10 heteroatoms. The van der Waals surface area contributed by atoms with E-state index in [0.29, 0.717) is 11.6 Å². The Morgan fingerprint density at radius 2 is 1.53 bits per heavy atom. The van der Waals surface area contributed by atoms with Crippen molar-refractivity contribution in [3.8, 4) is 11.5 Å². The molecule has 3 aromatic carbocycles. The molecule has 2 N–H and O–H groups in total. The summed E-state index contributed by atoms with van der Waals surface area (Å²) in [6.07, 6.45) is -4.83. The summed E-state index contributed by atoms with van der Waals surface area (Å²) in [5, 5.41) is 3.72. The number of rotatable bonds is 4. The Kier molecular flexibility index (Phi) is 6.90. The number of anilines is 1. The molecule has 3 rings (SSSR count). The van der Waals surface area contributed by atoms with E-state index in [1.54, 1.807) is 32.2 Å². The fraction of sp³-hybridized carbons (Fsp3) is 0.167. The third-order valence-electron chi connectivity index (χ3n) is 4.94. The summed E-state index contributed by atoms with van der Waals surface area (Å²) in [6, 6.07) is 7.65. The first-order valence-corrected chi connectivity index (χ1v) is 9.90. The number of alkyl halides is 3. The first-order chi connectivity index (χ1) is 15.9. The Morgan fingerprint density at radius 1 is 0.882 bits per heavy atom. The molecular weight excluding hydrogens is 459 g/mol. The van der Waals surface area contributed by atoms with Gasteiger partial charge < -0.3 is 10.1 Å². The molecule has 0 aliphatic heterocycles. The van der Waals surface area contributed by atoms with Gasteiger partial charge in [0.2, 0.25) is 0 Å². The van der Waals surface area contributed by atoms with Gasteiger partial charge in [-0.3, -0.25) is 10.1 Å². The zero-order chi connectivity index (χ0) is 25.2. The Hall–Kier alpha value is -3.95. The predicted octanol–water partition coefficient (Wildman–Crippen LogP) is 6.66. The molecule has 5 nitrogen and oxygen atoms in total. The summed E-state index contributed by atoms with van der Waals surface area (Å²) >= 11 is 0. The molecule has 3 amide bonds. The SMILES string of the molecule is Cc1cc(C)c(C)c(Oc2ccc(NC(=O)NC(=O)c3c(F)cccc3F)cc2C(F)(F)F)c1. The van der Waals surface area contributed by atoms with E-state index < -0.39 is 46.6 Å². The Bertz CT molecular complexity index is 1250. The molecule has 0 saturated heterocycles. The quantitative estimate of drug-likeness (QED) is 0.412. The summed E-state index contributed by atoms with van der Waals surface area (Å²) < 4.78 is 74.0. The van der Waals surface area contributed by atoms with Crippen molar-refractivity contribution in [1.29, 1.82) is 0 Å². The normalized spacial score (nSPS) is 11.2. The van der Waals surface area contributed by atoms with E-state index in [0.717, 1.165) is 41.5 Å². The van der Waals surface area contributed by atoms with Gasteiger partial charge in [-0.05, 0) is 73.9 Å². The van der Waals surface area contributed by atoms with Crippen LogP contribution < -0.4 is 15.4 Å². The molecular formula is C24H19F5N2O3. The van der Waals surface area contributed by atoms with Gasteiger partial charge in [-0.25, -0.2) is 13.6 Å². The highest BCUT2D eigenvalue weighted by atomic mass is 19.4. The number of aryl methyl sites for hydroxylation is 2. The minimum Gasteiger partial charge on any atom is -0.456 e. The number of carbonyl (C=O) groups is 2. The maximum absolute atomic E-state index is 13.7. The van der Waals surface area contributed by atoms with Gasteiger partial charge in [0.05, 0.1) is 0 Å². The molecule has 0 unspecified atom stereocenters. The highest BCUT2D eigenvalue weighted by Crippen LogP contribution is 2.40. The second-order valence-corrected chi connectivity index (χ2v) is 7.52. The second kappa shape index (κ2) is 9.50. The molecule has 178 valence electrons. The van der Waals surface area contributed by atoms with Crippen molar-refractivity contribution < 1.29 is 36.3 Å². The van der Waals surface area contributed by atoms with Crippen LogP contribution in [0.25, 0.3) is 0 Å². The van der Waals surface area contributed by atoms with Gasteiger partial charge in [-0.15, -0.1) is 0 Å². The minimum atomic E-state index is -4.83. The van der Waals surface area contributed by atoms with Crippen molar-refractivity contribution in [2.75, 3.05) is 5.32 Å². The molecule has 0 saturated carbocycles. The molecule has 0 fully saturated rings. The highest BCUT2D eigenvalue weighted by Gasteiger charge is 2.35. The number of urea groups is 1. The average molecular weight is 478 g/mol. The lowest BCUT2D eigenvalue weighted by Crippen LogP contribution is -2.35. The third kappa shape index (κ3) is 5.51. The van der Waals surface area contributed by atoms with Gasteiger partial charge in [0.15, 0.2) is 0 Å².